The molecule has 9 fully saturated rings. The summed E-state index contributed by atoms with van der Waals surface area (Å²) in [6.45, 7) is -1.23. The quantitative estimate of drug-likeness (QED) is 0.115. The summed E-state index contributed by atoms with van der Waals surface area (Å²) in [5, 5.41) is -5.86. The van der Waals surface area contributed by atoms with Gasteiger partial charge in [0.2, 0.25) is 5.79 Å². The summed E-state index contributed by atoms with van der Waals surface area (Å²) in [5.74, 6) is -6.97. The number of alkyl halides is 4. The van der Waals surface area contributed by atoms with Crippen LogP contribution in [0.5, 0.6) is 0 Å². The first kappa shape index (κ1) is 33.9. The van der Waals surface area contributed by atoms with Gasteiger partial charge in [-0.25, -0.2) is 13.2 Å². The van der Waals surface area contributed by atoms with Crippen LogP contribution in [0.4, 0.5) is 17.6 Å². The van der Waals surface area contributed by atoms with Gasteiger partial charge in [0.05, 0.1) is 24.9 Å². The second-order valence-corrected chi connectivity index (χ2v) is 16.1. The van der Waals surface area contributed by atoms with Gasteiger partial charge in [-0.3, -0.25) is 9.59 Å². The maximum atomic E-state index is 13.9. The van der Waals surface area contributed by atoms with E-state index in [9.17, 15) is 44.9 Å². The van der Waals surface area contributed by atoms with Crippen molar-refractivity contribution in [1.82, 2.24) is 0 Å². The molecule has 246 valence electrons. The van der Waals surface area contributed by atoms with Gasteiger partial charge in [-0.05, 0) is 87.9 Å². The van der Waals surface area contributed by atoms with Crippen molar-refractivity contribution in [3.63, 3.8) is 0 Å². The van der Waals surface area contributed by atoms with Gasteiger partial charge < -0.3 is 23.5 Å². The molecule has 1 saturated heterocycles. The van der Waals surface area contributed by atoms with E-state index in [1.54, 1.807) is 0 Å². The summed E-state index contributed by atoms with van der Waals surface area (Å²) in [7, 11) is -6.65. The molecule has 45 heavy (non-hydrogen) atoms. The van der Waals surface area contributed by atoms with Crippen molar-refractivity contribution in [3.8, 4) is 0 Å². The zero-order chi connectivity index (χ0) is 31.5. The van der Waals surface area contributed by atoms with Crippen LogP contribution in [0.15, 0.2) is 0 Å². The zero-order valence-electron chi connectivity index (χ0n) is 24.9. The van der Waals surface area contributed by atoms with Crippen molar-refractivity contribution in [2.75, 3.05) is 6.61 Å². The van der Waals surface area contributed by atoms with Gasteiger partial charge in [0, 0.05) is 18.3 Å². The van der Waals surface area contributed by atoms with Crippen LogP contribution in [0.1, 0.15) is 83.5 Å². The molecule has 9 aliphatic rings. The predicted molar refractivity (Wildman–Crippen MR) is 136 cm³/mol. The van der Waals surface area contributed by atoms with Gasteiger partial charge in [-0.15, -0.1) is 0 Å². The summed E-state index contributed by atoms with van der Waals surface area (Å²) in [6.07, 6.45) is 4.14. The molecule has 0 aromatic carbocycles. The van der Waals surface area contributed by atoms with Crippen molar-refractivity contribution >= 4 is 28.0 Å². The van der Waals surface area contributed by atoms with Gasteiger partial charge in [-0.1, -0.05) is 0 Å². The average Bonchev–Trinajstić information content (AvgIpc) is 3.21. The summed E-state index contributed by atoms with van der Waals surface area (Å²) < 4.78 is 110. The van der Waals surface area contributed by atoms with E-state index >= 15 is 0 Å². The van der Waals surface area contributed by atoms with Gasteiger partial charge in [0.1, 0.15) is 5.60 Å². The molecule has 10 nitrogen and oxygen atoms in total. The molecule has 3 unspecified atom stereocenters. The Morgan fingerprint density at radius 3 is 2.02 bits per heavy atom. The van der Waals surface area contributed by atoms with E-state index in [2.05, 4.69) is 0 Å². The van der Waals surface area contributed by atoms with E-state index in [4.69, 9.17) is 18.9 Å². The van der Waals surface area contributed by atoms with E-state index in [1.807, 2.05) is 0 Å². The monoisotopic (exact) mass is 674 g/mol. The Bertz CT molecular complexity index is 1330. The molecule has 0 aromatic heterocycles. The van der Waals surface area contributed by atoms with Gasteiger partial charge in [-0.2, -0.15) is 17.6 Å². The average molecular weight is 675 g/mol. The van der Waals surface area contributed by atoms with Crippen molar-refractivity contribution in [3.05, 3.63) is 0 Å². The fraction of sp³-hybridized carbons (Fsp3) is 0.897. The number of hydrogen-bond acceptors (Lipinski definition) is 10. The van der Waals surface area contributed by atoms with Crippen molar-refractivity contribution in [2.45, 2.75) is 112 Å². The Balaban J connectivity index is 0.00000357. The molecule has 1 heterocycles. The molecule has 1 spiro atoms. The van der Waals surface area contributed by atoms with Gasteiger partial charge in [0.15, 0.2) is 16.2 Å². The van der Waals surface area contributed by atoms with E-state index in [0.29, 0.717) is 37.5 Å². The molecule has 0 amide bonds. The Morgan fingerprint density at radius 2 is 1.47 bits per heavy atom. The van der Waals surface area contributed by atoms with E-state index < -0.39 is 75.1 Å². The second-order valence-electron chi connectivity index (χ2n) is 14.7. The number of esters is 3. The summed E-state index contributed by atoms with van der Waals surface area (Å²) in [6, 6.07) is 0. The van der Waals surface area contributed by atoms with Crippen LogP contribution in [-0.2, 0) is 43.4 Å². The number of hydrogen-bond donors (Lipinski definition) is 0. The van der Waals surface area contributed by atoms with Crippen molar-refractivity contribution in [2.24, 2.45) is 40.9 Å². The molecule has 8 aliphatic carbocycles. The molecule has 0 radical (unpaired) electrons. The van der Waals surface area contributed by atoms with Crippen LogP contribution in [0.2, 0.25) is 0 Å². The Kier molecular flexibility index (Phi) is 8.29. The largest absolute Gasteiger partial charge is 1.00 e. The minimum atomic E-state index is -6.65. The van der Waals surface area contributed by atoms with Crippen LogP contribution in [0, 0.1) is 40.9 Å². The van der Waals surface area contributed by atoms with Crippen LogP contribution in [0.25, 0.3) is 0 Å². The molecule has 3 atom stereocenters. The normalized spacial score (nSPS) is 42.9. The topological polar surface area (TPSA) is 145 Å². The maximum absolute atomic E-state index is 13.9. The Labute approximate surface area is 280 Å². The van der Waals surface area contributed by atoms with Crippen LogP contribution < -0.4 is 29.6 Å². The first-order valence-corrected chi connectivity index (χ1v) is 16.9. The number of halogens is 4. The van der Waals surface area contributed by atoms with Crippen LogP contribution in [0.3, 0.4) is 0 Å². The van der Waals surface area contributed by atoms with Crippen LogP contribution >= 0.6 is 0 Å². The summed E-state index contributed by atoms with van der Waals surface area (Å²) in [4.78, 5) is 39.4. The molecule has 1 aliphatic heterocycles. The predicted octanol–water partition coefficient (Wildman–Crippen LogP) is 1.06. The van der Waals surface area contributed by atoms with E-state index in [-0.39, 0.29) is 66.1 Å². The van der Waals surface area contributed by atoms with E-state index in [0.717, 1.165) is 32.1 Å². The number of rotatable bonds is 9. The molecule has 0 aromatic rings. The summed E-state index contributed by atoms with van der Waals surface area (Å²) in [5.41, 5.74) is -2.24. The minimum Gasteiger partial charge on any atom is -0.743 e. The first-order valence-electron chi connectivity index (χ1n) is 15.5. The Morgan fingerprint density at radius 1 is 0.911 bits per heavy atom. The Hall–Kier alpha value is -1.00. The van der Waals surface area contributed by atoms with Crippen molar-refractivity contribution < 1.29 is 93.4 Å². The van der Waals surface area contributed by atoms with E-state index in [1.165, 1.54) is 6.42 Å². The standard InChI is InChI=1S/C29H36F4O10S.Na/c30-27(31,29(32,33)44(37,38)39)1-2-40-24(36)25-10-17-4-18(11-25)13-26(12-17,14-25)42-22(34)9-21-23(35)43-28(41-21)19-5-15-3-16(7-19)8-20(28)6-15;/h15-21H,1-14H2,(H,37,38,39);/q;+1/p-1. The number of ether oxygens (including phenoxy) is 4. The smallest absolute Gasteiger partial charge is 0.743 e. The fourth-order valence-corrected chi connectivity index (χ4v) is 11.0. The third kappa shape index (κ3) is 5.47. The summed E-state index contributed by atoms with van der Waals surface area (Å²) >= 11 is 0. The van der Waals surface area contributed by atoms with Crippen molar-refractivity contribution in [1.29, 1.82) is 0 Å². The zero-order valence-corrected chi connectivity index (χ0v) is 27.8. The molecule has 8 bridgehead atoms. The van der Waals surface area contributed by atoms with Gasteiger partial charge in [0.25, 0.3) is 0 Å². The number of carbonyl (C=O) groups is 3. The molecule has 0 N–H and O–H groups in total. The molecular weight excluding hydrogens is 639 g/mol. The fourth-order valence-electron chi connectivity index (χ4n) is 10.6. The number of carbonyl (C=O) groups excluding carboxylic acids is 3. The molecular formula is C29H35F4NaO10S. The SMILES string of the molecule is O=C(CC1OC2(OC1=O)C1CC3CC(C1)CC2C3)OC12CC3CC(C1)CC(C(=O)OCCC(F)(F)C(F)(F)S(=O)(=O)[O-])(C3)C2.[Na+]. The minimum absolute atomic E-state index is 0. The van der Waals surface area contributed by atoms with Crippen LogP contribution in [-0.4, -0.2) is 66.2 Å². The van der Waals surface area contributed by atoms with Gasteiger partial charge >= 0.3 is 58.6 Å². The molecule has 16 heteroatoms. The maximum Gasteiger partial charge on any atom is 1.00 e. The third-order valence-electron chi connectivity index (χ3n) is 11.6. The molecule has 8 saturated carbocycles. The first-order chi connectivity index (χ1) is 20.4. The molecule has 9 rings (SSSR count). The second kappa shape index (κ2) is 11.0. The third-order valence-corrected chi connectivity index (χ3v) is 12.6.